The number of benzene rings is 1. The number of halogens is 1. The fraction of sp³-hybridized carbons (Fsp3) is 0.500. The van der Waals surface area contributed by atoms with Crippen molar-refractivity contribution in [2.75, 3.05) is 14.2 Å². The number of amides is 1. The Morgan fingerprint density at radius 1 is 1.42 bits per heavy atom. The molecule has 0 aliphatic carbocycles. The molecule has 1 amide bonds. The first kappa shape index (κ1) is 15.4. The Hall–Kier alpha value is -1.62. The number of hydrogen-bond donors (Lipinski definition) is 2. The quantitative estimate of drug-likeness (QED) is 0.859. The summed E-state index contributed by atoms with van der Waals surface area (Å²) in [7, 11) is 3.23. The summed E-state index contributed by atoms with van der Waals surface area (Å²) in [6, 6.07) is 3.91. The maximum atomic E-state index is 13.3. The van der Waals surface area contributed by atoms with Gasteiger partial charge in [0.1, 0.15) is 11.6 Å². The molecule has 0 saturated carbocycles. The Labute approximate surface area is 113 Å². The second kappa shape index (κ2) is 6.02. The van der Waals surface area contributed by atoms with Crippen LogP contribution in [0.3, 0.4) is 0 Å². The molecular formula is C14H21FN2O2. The number of hydrogen-bond acceptors (Lipinski definition) is 3. The van der Waals surface area contributed by atoms with Crippen LogP contribution in [0.5, 0.6) is 5.75 Å². The van der Waals surface area contributed by atoms with Crippen molar-refractivity contribution in [1.82, 2.24) is 10.6 Å². The van der Waals surface area contributed by atoms with Gasteiger partial charge in [0.15, 0.2) is 0 Å². The topological polar surface area (TPSA) is 50.4 Å². The van der Waals surface area contributed by atoms with Crippen LogP contribution in [0.15, 0.2) is 18.2 Å². The van der Waals surface area contributed by atoms with E-state index >= 15 is 0 Å². The van der Waals surface area contributed by atoms with Crippen molar-refractivity contribution in [3.63, 3.8) is 0 Å². The number of ether oxygens (including phenoxy) is 1. The molecule has 0 aliphatic rings. The highest BCUT2D eigenvalue weighted by molar-refractivity contribution is 5.85. The summed E-state index contributed by atoms with van der Waals surface area (Å²) in [4.78, 5) is 12.1. The molecule has 1 unspecified atom stereocenters. The molecule has 0 saturated heterocycles. The molecule has 0 aromatic heterocycles. The third-order valence-electron chi connectivity index (χ3n) is 3.20. The first-order valence-corrected chi connectivity index (χ1v) is 6.15. The van der Waals surface area contributed by atoms with E-state index in [1.807, 2.05) is 0 Å². The maximum Gasteiger partial charge on any atom is 0.240 e. The summed E-state index contributed by atoms with van der Waals surface area (Å²) in [5.74, 6) is 0.0371. The lowest BCUT2D eigenvalue weighted by Gasteiger charge is -2.26. The normalized spacial score (nSPS) is 12.9. The molecule has 0 bridgehead atoms. The zero-order valence-corrected chi connectivity index (χ0v) is 12.0. The summed E-state index contributed by atoms with van der Waals surface area (Å²) in [5, 5.41) is 5.76. The lowest BCUT2D eigenvalue weighted by atomic mass is 10.0. The van der Waals surface area contributed by atoms with E-state index in [0.29, 0.717) is 11.3 Å². The van der Waals surface area contributed by atoms with E-state index in [0.717, 1.165) is 0 Å². The van der Waals surface area contributed by atoms with E-state index in [9.17, 15) is 9.18 Å². The van der Waals surface area contributed by atoms with Crippen LogP contribution < -0.4 is 15.4 Å². The van der Waals surface area contributed by atoms with Gasteiger partial charge < -0.3 is 15.4 Å². The molecule has 4 nitrogen and oxygen atoms in total. The van der Waals surface area contributed by atoms with Gasteiger partial charge in [-0.1, -0.05) is 0 Å². The standard InChI is InChI=1S/C14H21FN2O2/c1-9(17-13(18)14(2,3)16-4)11-8-10(15)6-7-12(11)19-5/h6-9,16H,1-5H3,(H,17,18). The number of carbonyl (C=O) groups excluding carboxylic acids is 1. The van der Waals surface area contributed by atoms with Crippen LogP contribution in [0.25, 0.3) is 0 Å². The number of nitrogens with one attached hydrogen (secondary N) is 2. The van der Waals surface area contributed by atoms with Crippen LogP contribution >= 0.6 is 0 Å². The molecule has 0 spiro atoms. The van der Waals surface area contributed by atoms with Crippen molar-refractivity contribution < 1.29 is 13.9 Å². The van der Waals surface area contributed by atoms with Crippen LogP contribution in [0.1, 0.15) is 32.4 Å². The minimum atomic E-state index is -0.686. The Kier molecular flexibility index (Phi) is 4.89. The molecule has 1 aromatic rings. The van der Waals surface area contributed by atoms with Crippen LogP contribution in [-0.4, -0.2) is 25.6 Å². The Morgan fingerprint density at radius 2 is 2.05 bits per heavy atom. The van der Waals surface area contributed by atoms with Crippen molar-refractivity contribution in [2.45, 2.75) is 32.4 Å². The second-order valence-electron chi connectivity index (χ2n) is 4.96. The van der Waals surface area contributed by atoms with Crippen LogP contribution in [0.2, 0.25) is 0 Å². The van der Waals surface area contributed by atoms with Crippen LogP contribution in [0.4, 0.5) is 4.39 Å². The van der Waals surface area contributed by atoms with Gasteiger partial charge in [-0.15, -0.1) is 0 Å². The highest BCUT2D eigenvalue weighted by Crippen LogP contribution is 2.26. The summed E-state index contributed by atoms with van der Waals surface area (Å²) in [5.41, 5.74) is -0.0720. The van der Waals surface area contributed by atoms with Gasteiger partial charge in [-0.3, -0.25) is 4.79 Å². The highest BCUT2D eigenvalue weighted by Gasteiger charge is 2.27. The Balaban J connectivity index is 2.92. The Bertz CT molecular complexity index is 461. The van der Waals surface area contributed by atoms with Gasteiger partial charge in [-0.05, 0) is 46.0 Å². The van der Waals surface area contributed by atoms with E-state index in [2.05, 4.69) is 10.6 Å². The highest BCUT2D eigenvalue weighted by atomic mass is 19.1. The van der Waals surface area contributed by atoms with Gasteiger partial charge in [-0.2, -0.15) is 0 Å². The predicted octanol–water partition coefficient (Wildman–Crippen LogP) is 2.01. The van der Waals surface area contributed by atoms with Gasteiger partial charge in [0.2, 0.25) is 5.91 Å². The van der Waals surface area contributed by atoms with Gasteiger partial charge in [0, 0.05) is 5.56 Å². The fourth-order valence-electron chi connectivity index (χ4n) is 1.61. The number of carbonyl (C=O) groups is 1. The van der Waals surface area contributed by atoms with E-state index < -0.39 is 5.54 Å². The zero-order valence-electron chi connectivity index (χ0n) is 12.0. The molecule has 1 rings (SSSR count). The Morgan fingerprint density at radius 3 is 2.58 bits per heavy atom. The molecule has 1 atom stereocenters. The molecule has 19 heavy (non-hydrogen) atoms. The van der Waals surface area contributed by atoms with E-state index in [4.69, 9.17) is 4.74 Å². The molecule has 106 valence electrons. The summed E-state index contributed by atoms with van der Waals surface area (Å²) >= 11 is 0. The van der Waals surface area contributed by atoms with Crippen LogP contribution in [-0.2, 0) is 4.79 Å². The smallest absolute Gasteiger partial charge is 0.240 e. The SMILES string of the molecule is CNC(C)(C)C(=O)NC(C)c1cc(F)ccc1OC. The molecule has 2 N–H and O–H groups in total. The minimum Gasteiger partial charge on any atom is -0.496 e. The van der Waals surface area contributed by atoms with Crippen molar-refractivity contribution in [1.29, 1.82) is 0 Å². The van der Waals surface area contributed by atoms with E-state index in [-0.39, 0.29) is 17.8 Å². The number of rotatable bonds is 5. The lowest BCUT2D eigenvalue weighted by molar-refractivity contribution is -0.126. The first-order valence-electron chi connectivity index (χ1n) is 6.15. The molecule has 0 fully saturated rings. The molecule has 5 heteroatoms. The van der Waals surface area contributed by atoms with E-state index in [1.54, 1.807) is 33.9 Å². The monoisotopic (exact) mass is 268 g/mol. The molecule has 0 radical (unpaired) electrons. The third kappa shape index (κ3) is 3.67. The van der Waals surface area contributed by atoms with Crippen molar-refractivity contribution in [3.8, 4) is 5.75 Å². The van der Waals surface area contributed by atoms with Crippen LogP contribution in [0, 0.1) is 5.82 Å². The second-order valence-corrected chi connectivity index (χ2v) is 4.96. The average Bonchev–Trinajstić information content (AvgIpc) is 2.38. The summed E-state index contributed by atoms with van der Waals surface area (Å²) in [6.07, 6.45) is 0. The fourth-order valence-corrected chi connectivity index (χ4v) is 1.61. The minimum absolute atomic E-state index is 0.159. The summed E-state index contributed by atoms with van der Waals surface area (Å²) in [6.45, 7) is 5.34. The largest absolute Gasteiger partial charge is 0.496 e. The van der Waals surface area contributed by atoms with Crippen molar-refractivity contribution >= 4 is 5.91 Å². The van der Waals surface area contributed by atoms with Gasteiger partial charge in [-0.25, -0.2) is 4.39 Å². The molecule has 0 heterocycles. The third-order valence-corrected chi connectivity index (χ3v) is 3.20. The van der Waals surface area contributed by atoms with Gasteiger partial charge in [0.05, 0.1) is 18.7 Å². The van der Waals surface area contributed by atoms with E-state index in [1.165, 1.54) is 19.2 Å². The lowest BCUT2D eigenvalue weighted by Crippen LogP contribution is -2.51. The maximum absolute atomic E-state index is 13.3. The molecule has 0 aliphatic heterocycles. The number of likely N-dealkylation sites (N-methyl/N-ethyl adjacent to an activating group) is 1. The zero-order chi connectivity index (χ0) is 14.6. The summed E-state index contributed by atoms with van der Waals surface area (Å²) < 4.78 is 18.5. The number of methoxy groups -OCH3 is 1. The molecule has 1 aromatic carbocycles. The first-order chi connectivity index (χ1) is 8.81. The van der Waals surface area contributed by atoms with Gasteiger partial charge >= 0.3 is 0 Å². The predicted molar refractivity (Wildman–Crippen MR) is 72.6 cm³/mol. The van der Waals surface area contributed by atoms with Crippen molar-refractivity contribution in [3.05, 3.63) is 29.6 Å². The van der Waals surface area contributed by atoms with Gasteiger partial charge in [0.25, 0.3) is 0 Å². The average molecular weight is 268 g/mol. The van der Waals surface area contributed by atoms with Crippen molar-refractivity contribution in [2.24, 2.45) is 0 Å². The molecular weight excluding hydrogens is 247 g/mol.